The first-order valence-corrected chi connectivity index (χ1v) is 11.2. The number of hydrogen-bond donors (Lipinski definition) is 2. The number of thiophene rings is 1. The lowest BCUT2D eigenvalue weighted by atomic mass is 10.2. The molecule has 2 saturated heterocycles. The minimum Gasteiger partial charge on any atom is -0.355 e. The average molecular weight is 535 g/mol. The molecule has 2 fully saturated rings. The van der Waals surface area contributed by atoms with Gasteiger partial charge in [0, 0.05) is 64.7 Å². The number of piperazine rings is 1. The third kappa shape index (κ3) is 7.37. The van der Waals surface area contributed by atoms with Crippen molar-refractivity contribution in [2.75, 3.05) is 66.0 Å². The molecule has 0 aromatic carbocycles. The average Bonchev–Trinajstić information content (AvgIpc) is 3.42. The quantitative estimate of drug-likeness (QED) is 0.318. The molecule has 0 radical (unpaired) electrons. The molecule has 0 saturated carbocycles. The number of nitrogens with zero attached hydrogens (tertiary/aromatic N) is 4. The summed E-state index contributed by atoms with van der Waals surface area (Å²) in [5.41, 5.74) is 0. The Bertz CT molecular complexity index is 627. The van der Waals surface area contributed by atoms with E-state index < -0.39 is 0 Å². The number of carbonyl (C=O) groups is 1. The van der Waals surface area contributed by atoms with Crippen LogP contribution in [0.4, 0.5) is 0 Å². The topological polar surface area (TPSA) is 63.2 Å². The summed E-state index contributed by atoms with van der Waals surface area (Å²) in [7, 11) is 1.83. The molecule has 164 valence electrons. The van der Waals surface area contributed by atoms with Crippen molar-refractivity contribution in [3.63, 3.8) is 0 Å². The highest BCUT2D eigenvalue weighted by Crippen LogP contribution is 2.27. The lowest BCUT2D eigenvalue weighted by molar-refractivity contribution is -0.130. The van der Waals surface area contributed by atoms with E-state index in [0.29, 0.717) is 6.04 Å². The Morgan fingerprint density at radius 2 is 1.90 bits per heavy atom. The third-order valence-electron chi connectivity index (χ3n) is 5.68. The summed E-state index contributed by atoms with van der Waals surface area (Å²) >= 11 is 1.84. The van der Waals surface area contributed by atoms with Gasteiger partial charge in [-0.25, -0.2) is 0 Å². The van der Waals surface area contributed by atoms with E-state index in [1.807, 2.05) is 23.3 Å². The molecule has 3 heterocycles. The van der Waals surface area contributed by atoms with E-state index in [-0.39, 0.29) is 29.9 Å². The van der Waals surface area contributed by atoms with Gasteiger partial charge < -0.3 is 15.5 Å². The second kappa shape index (κ2) is 12.7. The Hall–Kier alpha value is -0.910. The van der Waals surface area contributed by atoms with Crippen molar-refractivity contribution in [1.29, 1.82) is 0 Å². The molecule has 29 heavy (non-hydrogen) atoms. The zero-order valence-corrected chi connectivity index (χ0v) is 20.7. The van der Waals surface area contributed by atoms with Crippen LogP contribution in [0.2, 0.25) is 0 Å². The van der Waals surface area contributed by atoms with Crippen molar-refractivity contribution in [3.8, 4) is 0 Å². The number of guanidine groups is 1. The zero-order valence-electron chi connectivity index (χ0n) is 17.6. The first kappa shape index (κ1) is 24.4. The Kier molecular flexibility index (Phi) is 10.7. The fraction of sp³-hybridized carbons (Fsp3) is 0.700. The number of amides is 1. The number of rotatable bonds is 7. The van der Waals surface area contributed by atoms with Crippen LogP contribution in [0, 0.1) is 0 Å². The molecule has 0 bridgehead atoms. The number of carbonyl (C=O) groups excluding carboxylic acids is 1. The van der Waals surface area contributed by atoms with Crippen LogP contribution >= 0.6 is 35.3 Å². The summed E-state index contributed by atoms with van der Waals surface area (Å²) in [6.07, 6.45) is 2.59. The van der Waals surface area contributed by atoms with Crippen LogP contribution in [-0.4, -0.2) is 92.5 Å². The van der Waals surface area contributed by atoms with E-state index in [2.05, 4.69) is 42.9 Å². The van der Waals surface area contributed by atoms with E-state index in [9.17, 15) is 4.79 Å². The lowest BCUT2D eigenvalue weighted by Gasteiger charge is -2.34. The van der Waals surface area contributed by atoms with Gasteiger partial charge in [-0.2, -0.15) is 0 Å². The highest BCUT2D eigenvalue weighted by Gasteiger charge is 2.24. The summed E-state index contributed by atoms with van der Waals surface area (Å²) in [6.45, 7) is 10.3. The van der Waals surface area contributed by atoms with Crippen molar-refractivity contribution in [1.82, 2.24) is 25.3 Å². The molecule has 2 aliphatic heterocycles. The van der Waals surface area contributed by atoms with Gasteiger partial charge in [-0.1, -0.05) is 6.07 Å². The SMILES string of the molecule is CN=C(NCCN1CCN(C(C)=O)CC1)NCC(c1cccs1)N1CCCC1.I. The van der Waals surface area contributed by atoms with E-state index in [4.69, 9.17) is 0 Å². The molecule has 1 aromatic rings. The van der Waals surface area contributed by atoms with Gasteiger partial charge >= 0.3 is 0 Å². The molecule has 1 aromatic heterocycles. The summed E-state index contributed by atoms with van der Waals surface area (Å²) in [5, 5.41) is 9.13. The second-order valence-corrected chi connectivity index (χ2v) is 8.48. The zero-order chi connectivity index (χ0) is 19.8. The maximum absolute atomic E-state index is 11.4. The highest BCUT2D eigenvalue weighted by atomic mass is 127. The van der Waals surface area contributed by atoms with Crippen LogP contribution in [0.15, 0.2) is 22.5 Å². The normalized spacial score (nSPS) is 19.7. The minimum absolute atomic E-state index is 0. The Morgan fingerprint density at radius 3 is 2.48 bits per heavy atom. The van der Waals surface area contributed by atoms with Crippen molar-refractivity contribution >= 4 is 47.2 Å². The smallest absolute Gasteiger partial charge is 0.219 e. The molecule has 1 atom stereocenters. The molecule has 1 unspecified atom stereocenters. The number of hydrogen-bond acceptors (Lipinski definition) is 5. The van der Waals surface area contributed by atoms with E-state index in [1.54, 1.807) is 6.92 Å². The van der Waals surface area contributed by atoms with Gasteiger partial charge in [0.1, 0.15) is 0 Å². The van der Waals surface area contributed by atoms with Crippen molar-refractivity contribution in [2.45, 2.75) is 25.8 Å². The van der Waals surface area contributed by atoms with Crippen LogP contribution in [-0.2, 0) is 4.79 Å². The second-order valence-electron chi connectivity index (χ2n) is 7.50. The molecule has 3 rings (SSSR count). The fourth-order valence-corrected chi connectivity index (χ4v) is 4.84. The first-order valence-electron chi connectivity index (χ1n) is 10.4. The molecule has 1 amide bonds. The molecule has 2 aliphatic rings. The minimum atomic E-state index is 0. The standard InChI is InChI=1S/C20H34N6OS.HI/c1-17(27)25-13-11-24(12-14-25)10-7-22-20(21-2)23-16-18(19-6-5-15-28-19)26-8-3-4-9-26;/h5-6,15,18H,3-4,7-14,16H2,1-2H3,(H2,21,22,23);1H. The molecular weight excluding hydrogens is 499 g/mol. The van der Waals surface area contributed by atoms with Crippen LogP contribution in [0.3, 0.4) is 0 Å². The van der Waals surface area contributed by atoms with Crippen LogP contribution in [0.1, 0.15) is 30.7 Å². The summed E-state index contributed by atoms with van der Waals surface area (Å²) in [5.74, 6) is 1.05. The third-order valence-corrected chi connectivity index (χ3v) is 6.65. The highest BCUT2D eigenvalue weighted by molar-refractivity contribution is 14.0. The van der Waals surface area contributed by atoms with Gasteiger partial charge in [-0.3, -0.25) is 19.6 Å². The van der Waals surface area contributed by atoms with Crippen molar-refractivity contribution in [3.05, 3.63) is 22.4 Å². The van der Waals surface area contributed by atoms with Gasteiger partial charge in [0.2, 0.25) is 5.91 Å². The van der Waals surface area contributed by atoms with Gasteiger partial charge in [0.25, 0.3) is 0 Å². The predicted octanol–water partition coefficient (Wildman–Crippen LogP) is 1.83. The predicted molar refractivity (Wildman–Crippen MR) is 131 cm³/mol. The van der Waals surface area contributed by atoms with E-state index in [0.717, 1.165) is 51.8 Å². The lowest BCUT2D eigenvalue weighted by Crippen LogP contribution is -2.50. The van der Waals surface area contributed by atoms with Crippen molar-refractivity contribution in [2.24, 2.45) is 4.99 Å². The van der Waals surface area contributed by atoms with Gasteiger partial charge in [-0.05, 0) is 37.4 Å². The van der Waals surface area contributed by atoms with Gasteiger partial charge in [0.05, 0.1) is 6.04 Å². The van der Waals surface area contributed by atoms with E-state index in [1.165, 1.54) is 30.8 Å². The maximum atomic E-state index is 11.4. The Balaban J connectivity index is 0.00000300. The van der Waals surface area contributed by atoms with Gasteiger partial charge in [0.15, 0.2) is 5.96 Å². The largest absolute Gasteiger partial charge is 0.355 e. The molecule has 0 spiro atoms. The van der Waals surface area contributed by atoms with Crippen LogP contribution in [0.5, 0.6) is 0 Å². The Morgan fingerprint density at radius 1 is 1.17 bits per heavy atom. The number of halogens is 1. The first-order chi connectivity index (χ1) is 13.7. The molecular formula is C20H35IN6OS. The molecule has 9 heteroatoms. The number of likely N-dealkylation sites (tertiary alicyclic amines) is 1. The van der Waals surface area contributed by atoms with Crippen molar-refractivity contribution < 1.29 is 4.79 Å². The Labute approximate surface area is 195 Å². The molecule has 7 nitrogen and oxygen atoms in total. The van der Waals surface area contributed by atoms with Crippen LogP contribution < -0.4 is 10.6 Å². The number of nitrogens with one attached hydrogen (secondary N) is 2. The van der Waals surface area contributed by atoms with Gasteiger partial charge in [-0.15, -0.1) is 35.3 Å². The summed E-state index contributed by atoms with van der Waals surface area (Å²) in [4.78, 5) is 24.2. The monoisotopic (exact) mass is 534 g/mol. The number of aliphatic imine (C=N–C) groups is 1. The summed E-state index contributed by atoms with van der Waals surface area (Å²) in [6, 6.07) is 4.80. The molecule has 2 N–H and O–H groups in total. The van der Waals surface area contributed by atoms with Crippen LogP contribution in [0.25, 0.3) is 0 Å². The fourth-order valence-electron chi connectivity index (χ4n) is 3.98. The summed E-state index contributed by atoms with van der Waals surface area (Å²) < 4.78 is 0. The van der Waals surface area contributed by atoms with E-state index >= 15 is 0 Å². The molecule has 0 aliphatic carbocycles. The maximum Gasteiger partial charge on any atom is 0.219 e.